The third-order valence-corrected chi connectivity index (χ3v) is 3.65. The van der Waals surface area contributed by atoms with Crippen molar-refractivity contribution in [2.45, 2.75) is 53.5 Å². The summed E-state index contributed by atoms with van der Waals surface area (Å²) in [5, 5.41) is 0. The molecule has 0 radical (unpaired) electrons. The van der Waals surface area contributed by atoms with Crippen molar-refractivity contribution in [3.63, 3.8) is 0 Å². The van der Waals surface area contributed by atoms with Gasteiger partial charge in [-0.05, 0) is 37.8 Å². The molecule has 2 aliphatic rings. The number of hydrogen-bond donors (Lipinski definition) is 0. The van der Waals surface area contributed by atoms with Crippen LogP contribution >= 0.6 is 0 Å². The minimum absolute atomic E-state index is 0.143. The highest BCUT2D eigenvalue weighted by atomic mass is 16.2. The molecule has 0 fully saturated rings. The Morgan fingerprint density at radius 1 is 1.16 bits per heavy atom. The number of nitrogens with zero attached hydrogens (tertiary/aromatic N) is 2. The second kappa shape index (κ2) is 4.32. The molecule has 1 amide bonds. The first kappa shape index (κ1) is 14.0. The summed E-state index contributed by atoms with van der Waals surface area (Å²) >= 11 is 0. The summed E-state index contributed by atoms with van der Waals surface area (Å²) < 4.78 is 0. The average Bonchev–Trinajstić information content (AvgIpc) is 2.60. The Morgan fingerprint density at radius 3 is 2.32 bits per heavy atom. The predicted octanol–water partition coefficient (Wildman–Crippen LogP) is 3.33. The lowest BCUT2D eigenvalue weighted by molar-refractivity contribution is -0.132. The highest BCUT2D eigenvalue weighted by Gasteiger charge is 2.36. The molecule has 2 rings (SSSR count). The van der Waals surface area contributed by atoms with E-state index >= 15 is 0 Å². The molecule has 104 valence electrons. The maximum absolute atomic E-state index is 12.8. The monoisotopic (exact) mass is 260 g/mol. The van der Waals surface area contributed by atoms with Crippen LogP contribution in [0.1, 0.15) is 48.0 Å². The van der Waals surface area contributed by atoms with E-state index in [0.29, 0.717) is 6.54 Å². The lowest BCUT2D eigenvalue weighted by Crippen LogP contribution is -2.47. The van der Waals surface area contributed by atoms with Crippen molar-refractivity contribution in [1.82, 2.24) is 4.90 Å². The number of aliphatic imine (C=N–C) groups is 1. The highest BCUT2D eigenvalue weighted by molar-refractivity contribution is 5.97. The van der Waals surface area contributed by atoms with Crippen LogP contribution < -0.4 is 0 Å². The fraction of sp³-hybridized carbons (Fsp3) is 0.625. The molecular formula is C16H24N2O. The van der Waals surface area contributed by atoms with Crippen LogP contribution in [-0.4, -0.2) is 29.1 Å². The van der Waals surface area contributed by atoms with E-state index < -0.39 is 0 Å². The average molecular weight is 260 g/mol. The molecule has 0 aliphatic carbocycles. The standard InChI is InChI=1S/C16H24N2O/c1-15(2,3)12-9-11-7-8-17-13(11)10-18(14(12)19)16(4,5)6/h8-9H,7,10H2,1-6H3. The van der Waals surface area contributed by atoms with Crippen molar-refractivity contribution >= 4 is 12.1 Å². The van der Waals surface area contributed by atoms with E-state index in [-0.39, 0.29) is 16.9 Å². The van der Waals surface area contributed by atoms with Gasteiger partial charge in [-0.15, -0.1) is 0 Å². The molecule has 0 saturated carbocycles. The van der Waals surface area contributed by atoms with Gasteiger partial charge in [0.2, 0.25) is 0 Å². The molecule has 2 heterocycles. The van der Waals surface area contributed by atoms with Gasteiger partial charge < -0.3 is 4.90 Å². The van der Waals surface area contributed by atoms with Gasteiger partial charge in [0.1, 0.15) is 0 Å². The third-order valence-electron chi connectivity index (χ3n) is 3.65. The molecule has 0 unspecified atom stereocenters. The Labute approximate surface area is 116 Å². The second-order valence-corrected chi connectivity index (χ2v) is 7.36. The van der Waals surface area contributed by atoms with Crippen molar-refractivity contribution < 1.29 is 4.79 Å². The Hall–Kier alpha value is -1.38. The van der Waals surface area contributed by atoms with E-state index in [2.05, 4.69) is 52.6 Å². The van der Waals surface area contributed by atoms with E-state index in [1.54, 1.807) is 0 Å². The van der Waals surface area contributed by atoms with Crippen LogP contribution in [0.25, 0.3) is 0 Å². The molecule has 0 spiro atoms. The smallest absolute Gasteiger partial charge is 0.251 e. The molecule has 0 aromatic rings. The van der Waals surface area contributed by atoms with Crippen LogP contribution in [0, 0.1) is 5.41 Å². The second-order valence-electron chi connectivity index (χ2n) is 7.36. The lowest BCUT2D eigenvalue weighted by Gasteiger charge is -2.37. The van der Waals surface area contributed by atoms with Crippen molar-refractivity contribution in [1.29, 1.82) is 0 Å². The number of allylic oxidation sites excluding steroid dienone is 2. The molecule has 2 aliphatic heterocycles. The van der Waals surface area contributed by atoms with Gasteiger partial charge in [-0.2, -0.15) is 0 Å². The number of carbonyl (C=O) groups is 1. The van der Waals surface area contributed by atoms with E-state index in [4.69, 9.17) is 0 Å². The fourth-order valence-corrected chi connectivity index (χ4v) is 2.42. The molecule has 0 bridgehead atoms. The van der Waals surface area contributed by atoms with Crippen molar-refractivity contribution in [2.24, 2.45) is 10.4 Å². The number of amides is 1. The Kier molecular flexibility index (Phi) is 3.20. The van der Waals surface area contributed by atoms with E-state index in [1.165, 1.54) is 5.57 Å². The molecule has 3 nitrogen and oxygen atoms in total. The Bertz CT molecular complexity index is 496. The highest BCUT2D eigenvalue weighted by Crippen LogP contribution is 2.35. The van der Waals surface area contributed by atoms with Crippen LogP contribution in [0.15, 0.2) is 27.9 Å². The van der Waals surface area contributed by atoms with Gasteiger partial charge in [0.15, 0.2) is 0 Å². The van der Waals surface area contributed by atoms with Gasteiger partial charge in [0.25, 0.3) is 5.91 Å². The molecule has 0 aromatic heterocycles. The zero-order valence-electron chi connectivity index (χ0n) is 12.9. The zero-order valence-corrected chi connectivity index (χ0v) is 12.9. The SMILES string of the molecule is CC(C)(C)C1=CC2=C(CN(C(C)(C)C)C1=O)N=CC2. The topological polar surface area (TPSA) is 32.7 Å². The van der Waals surface area contributed by atoms with Crippen LogP contribution in [-0.2, 0) is 4.79 Å². The van der Waals surface area contributed by atoms with Gasteiger partial charge in [-0.1, -0.05) is 20.8 Å². The molecular weight excluding hydrogens is 236 g/mol. The summed E-state index contributed by atoms with van der Waals surface area (Å²) in [6.07, 6.45) is 4.86. The molecule has 0 aromatic carbocycles. The minimum Gasteiger partial charge on any atom is -0.328 e. The van der Waals surface area contributed by atoms with E-state index in [1.807, 2.05) is 11.1 Å². The first-order chi connectivity index (χ1) is 8.60. The molecule has 3 heteroatoms. The van der Waals surface area contributed by atoms with Gasteiger partial charge in [0.05, 0.1) is 12.2 Å². The maximum atomic E-state index is 12.8. The summed E-state index contributed by atoms with van der Waals surface area (Å²) in [5.41, 5.74) is 2.79. The van der Waals surface area contributed by atoms with Gasteiger partial charge >= 0.3 is 0 Å². The summed E-state index contributed by atoms with van der Waals surface area (Å²) in [6.45, 7) is 13.1. The normalized spacial score (nSPS) is 20.6. The van der Waals surface area contributed by atoms with Crippen molar-refractivity contribution in [3.8, 4) is 0 Å². The molecule has 0 N–H and O–H groups in total. The lowest BCUT2D eigenvalue weighted by atomic mass is 9.84. The van der Waals surface area contributed by atoms with Crippen LogP contribution in [0.4, 0.5) is 0 Å². The van der Waals surface area contributed by atoms with Crippen molar-refractivity contribution in [2.75, 3.05) is 6.54 Å². The largest absolute Gasteiger partial charge is 0.328 e. The maximum Gasteiger partial charge on any atom is 0.251 e. The van der Waals surface area contributed by atoms with Gasteiger partial charge in [0, 0.05) is 23.7 Å². The molecule has 0 atom stereocenters. The van der Waals surface area contributed by atoms with Crippen molar-refractivity contribution in [3.05, 3.63) is 22.9 Å². The quantitative estimate of drug-likeness (QED) is 0.657. The van der Waals surface area contributed by atoms with E-state index in [9.17, 15) is 4.79 Å². The first-order valence-electron chi connectivity index (χ1n) is 6.89. The first-order valence-corrected chi connectivity index (χ1v) is 6.89. The third kappa shape index (κ3) is 2.65. The Balaban J connectivity index is 2.52. The van der Waals surface area contributed by atoms with E-state index in [0.717, 1.165) is 17.7 Å². The number of carbonyl (C=O) groups excluding carboxylic acids is 1. The van der Waals surface area contributed by atoms with Crippen LogP contribution in [0.5, 0.6) is 0 Å². The number of hydrogen-bond acceptors (Lipinski definition) is 2. The van der Waals surface area contributed by atoms with Crippen LogP contribution in [0.3, 0.4) is 0 Å². The van der Waals surface area contributed by atoms with Gasteiger partial charge in [-0.25, -0.2) is 0 Å². The predicted molar refractivity (Wildman–Crippen MR) is 79.1 cm³/mol. The minimum atomic E-state index is -0.192. The number of rotatable bonds is 0. The van der Waals surface area contributed by atoms with Crippen LogP contribution in [0.2, 0.25) is 0 Å². The van der Waals surface area contributed by atoms with Gasteiger partial charge in [-0.3, -0.25) is 9.79 Å². The Morgan fingerprint density at radius 2 is 1.79 bits per heavy atom. The summed E-state index contributed by atoms with van der Waals surface area (Å²) in [4.78, 5) is 19.2. The summed E-state index contributed by atoms with van der Waals surface area (Å²) in [6, 6.07) is 0. The summed E-state index contributed by atoms with van der Waals surface area (Å²) in [5.74, 6) is 0.143. The summed E-state index contributed by atoms with van der Waals surface area (Å²) in [7, 11) is 0. The zero-order chi connectivity index (χ0) is 14.4. The fourth-order valence-electron chi connectivity index (χ4n) is 2.42. The molecule has 0 saturated heterocycles. The molecule has 19 heavy (non-hydrogen) atoms.